The Morgan fingerprint density at radius 1 is 1.07 bits per heavy atom. The van der Waals surface area contributed by atoms with Crippen molar-refractivity contribution in [2.75, 3.05) is 44.4 Å². The Morgan fingerprint density at radius 2 is 1.79 bits per heavy atom. The quantitative estimate of drug-likeness (QED) is 0.745. The van der Waals surface area contributed by atoms with E-state index in [-0.39, 0.29) is 17.4 Å². The van der Waals surface area contributed by atoms with Crippen LogP contribution in [0.15, 0.2) is 47.4 Å². The molecule has 0 aromatic heterocycles. The molecule has 0 unspecified atom stereocenters. The maximum atomic E-state index is 12.9. The Labute approximate surface area is 170 Å². The zero-order valence-electron chi connectivity index (χ0n) is 16.3. The lowest BCUT2D eigenvalue weighted by Crippen LogP contribution is -2.40. The van der Waals surface area contributed by atoms with E-state index in [1.165, 1.54) is 4.31 Å². The summed E-state index contributed by atoms with van der Waals surface area (Å²) < 4.78 is 38.0. The molecule has 0 spiro atoms. The van der Waals surface area contributed by atoms with Crippen LogP contribution in [0.25, 0.3) is 0 Å². The van der Waals surface area contributed by atoms with Crippen LogP contribution in [0, 0.1) is 6.92 Å². The second kappa shape index (κ2) is 8.14. The van der Waals surface area contributed by atoms with Crippen molar-refractivity contribution in [3.63, 3.8) is 0 Å². The van der Waals surface area contributed by atoms with Crippen LogP contribution in [-0.2, 0) is 26.0 Å². The molecule has 0 atom stereocenters. The number of carbonyl (C=O) groups excluding carboxylic acids is 1. The number of fused-ring (bicyclic) bond motifs is 1. The van der Waals surface area contributed by atoms with Crippen LogP contribution in [0.4, 0.5) is 5.69 Å². The number of hydrogen-bond acceptors (Lipinski definition) is 5. The van der Waals surface area contributed by atoms with E-state index in [9.17, 15) is 13.2 Å². The third kappa shape index (κ3) is 4.14. The van der Waals surface area contributed by atoms with Gasteiger partial charge in [-0.1, -0.05) is 17.7 Å². The highest BCUT2D eigenvalue weighted by molar-refractivity contribution is 7.89. The predicted octanol–water partition coefficient (Wildman–Crippen LogP) is 1.98. The standard InChI is InChI=1S/C21H24N2O5S/c1-16-2-4-18(5-3-16)28-15-21(24)23-9-8-17-14-19(6-7-20(17)23)29(25,26)22-10-12-27-13-11-22/h2-7,14H,8-13,15H2,1H3. The van der Waals surface area contributed by atoms with Gasteiger partial charge in [0.1, 0.15) is 5.75 Å². The monoisotopic (exact) mass is 416 g/mol. The number of morpholine rings is 1. The number of benzene rings is 2. The fourth-order valence-electron chi connectivity index (χ4n) is 3.59. The maximum Gasteiger partial charge on any atom is 0.264 e. The lowest BCUT2D eigenvalue weighted by atomic mass is 10.2. The Balaban J connectivity index is 1.46. The largest absolute Gasteiger partial charge is 0.484 e. The molecular formula is C21H24N2O5S. The van der Waals surface area contributed by atoms with Gasteiger partial charge in [-0.2, -0.15) is 4.31 Å². The summed E-state index contributed by atoms with van der Waals surface area (Å²) >= 11 is 0. The summed E-state index contributed by atoms with van der Waals surface area (Å²) in [6.45, 7) is 3.99. The van der Waals surface area contributed by atoms with Crippen molar-refractivity contribution in [2.45, 2.75) is 18.2 Å². The van der Waals surface area contributed by atoms with Gasteiger partial charge in [-0.3, -0.25) is 4.79 Å². The van der Waals surface area contributed by atoms with Crippen molar-refractivity contribution in [2.24, 2.45) is 0 Å². The average molecular weight is 416 g/mol. The zero-order valence-corrected chi connectivity index (χ0v) is 17.2. The van der Waals surface area contributed by atoms with Crippen LogP contribution in [0.3, 0.4) is 0 Å². The Bertz CT molecular complexity index is 998. The summed E-state index contributed by atoms with van der Waals surface area (Å²) in [5, 5.41) is 0. The number of amides is 1. The number of anilines is 1. The normalized spacial score (nSPS) is 17.2. The Kier molecular flexibility index (Phi) is 5.58. The number of sulfonamides is 1. The van der Waals surface area contributed by atoms with Gasteiger partial charge in [0.2, 0.25) is 10.0 Å². The summed E-state index contributed by atoms with van der Waals surface area (Å²) in [5.41, 5.74) is 2.74. The van der Waals surface area contributed by atoms with E-state index in [1.807, 2.05) is 31.2 Å². The minimum Gasteiger partial charge on any atom is -0.484 e. The molecular weight excluding hydrogens is 392 g/mol. The van der Waals surface area contributed by atoms with Gasteiger partial charge in [0, 0.05) is 25.3 Å². The molecule has 1 amide bonds. The fraction of sp³-hybridized carbons (Fsp3) is 0.381. The number of carbonyl (C=O) groups is 1. The predicted molar refractivity (Wildman–Crippen MR) is 109 cm³/mol. The van der Waals surface area contributed by atoms with Gasteiger partial charge in [0.05, 0.1) is 18.1 Å². The van der Waals surface area contributed by atoms with E-state index in [2.05, 4.69) is 0 Å². The third-order valence-electron chi connectivity index (χ3n) is 5.24. The van der Waals surface area contributed by atoms with Crippen molar-refractivity contribution in [1.82, 2.24) is 4.31 Å². The lowest BCUT2D eigenvalue weighted by molar-refractivity contribution is -0.120. The molecule has 29 heavy (non-hydrogen) atoms. The summed E-state index contributed by atoms with van der Waals surface area (Å²) in [7, 11) is -3.55. The number of aryl methyl sites for hydroxylation is 1. The average Bonchev–Trinajstić information content (AvgIpc) is 3.17. The van der Waals surface area contributed by atoms with E-state index in [0.29, 0.717) is 45.0 Å². The van der Waals surface area contributed by atoms with Gasteiger partial charge in [-0.05, 0) is 49.2 Å². The van der Waals surface area contributed by atoms with Gasteiger partial charge in [0.25, 0.3) is 5.91 Å². The van der Waals surface area contributed by atoms with Crippen LogP contribution in [0.1, 0.15) is 11.1 Å². The molecule has 2 heterocycles. The summed E-state index contributed by atoms with van der Waals surface area (Å²) in [5.74, 6) is 0.503. The molecule has 4 rings (SSSR count). The van der Waals surface area contributed by atoms with E-state index < -0.39 is 10.0 Å². The molecule has 2 aliphatic heterocycles. The van der Waals surface area contributed by atoms with Crippen molar-refractivity contribution in [3.8, 4) is 5.75 Å². The molecule has 0 radical (unpaired) electrons. The topological polar surface area (TPSA) is 76.2 Å². The van der Waals surface area contributed by atoms with Crippen LogP contribution in [0.2, 0.25) is 0 Å². The third-order valence-corrected chi connectivity index (χ3v) is 7.13. The molecule has 0 saturated carbocycles. The molecule has 0 aliphatic carbocycles. The van der Waals surface area contributed by atoms with Crippen molar-refractivity contribution >= 4 is 21.6 Å². The van der Waals surface area contributed by atoms with Crippen LogP contribution < -0.4 is 9.64 Å². The first-order valence-electron chi connectivity index (χ1n) is 9.66. The summed E-state index contributed by atoms with van der Waals surface area (Å²) in [4.78, 5) is 14.6. The first-order chi connectivity index (χ1) is 13.9. The highest BCUT2D eigenvalue weighted by Gasteiger charge is 2.30. The van der Waals surface area contributed by atoms with E-state index in [0.717, 1.165) is 16.8 Å². The van der Waals surface area contributed by atoms with Crippen LogP contribution >= 0.6 is 0 Å². The van der Waals surface area contributed by atoms with Gasteiger partial charge in [-0.25, -0.2) is 8.42 Å². The molecule has 1 saturated heterocycles. The molecule has 8 heteroatoms. The van der Waals surface area contributed by atoms with Gasteiger partial charge in [0.15, 0.2) is 6.61 Å². The second-order valence-corrected chi connectivity index (χ2v) is 9.14. The molecule has 154 valence electrons. The summed E-state index contributed by atoms with van der Waals surface area (Å²) in [6.07, 6.45) is 0.623. The molecule has 2 aliphatic rings. The molecule has 2 aromatic rings. The van der Waals surface area contributed by atoms with Gasteiger partial charge >= 0.3 is 0 Å². The lowest BCUT2D eigenvalue weighted by Gasteiger charge is -2.26. The summed E-state index contributed by atoms with van der Waals surface area (Å²) in [6, 6.07) is 12.5. The smallest absolute Gasteiger partial charge is 0.264 e. The molecule has 0 N–H and O–H groups in total. The SMILES string of the molecule is Cc1ccc(OCC(=O)N2CCc3cc(S(=O)(=O)N4CCOCC4)ccc32)cc1. The number of nitrogens with zero attached hydrogens (tertiary/aromatic N) is 2. The minimum absolute atomic E-state index is 0.0592. The minimum atomic E-state index is -3.55. The van der Waals surface area contributed by atoms with Crippen LogP contribution in [-0.4, -0.2) is 58.1 Å². The van der Waals surface area contributed by atoms with Gasteiger partial charge < -0.3 is 14.4 Å². The van der Waals surface area contributed by atoms with E-state index >= 15 is 0 Å². The number of ether oxygens (including phenoxy) is 2. The number of rotatable bonds is 5. The van der Waals surface area contributed by atoms with Crippen molar-refractivity contribution in [3.05, 3.63) is 53.6 Å². The highest BCUT2D eigenvalue weighted by atomic mass is 32.2. The van der Waals surface area contributed by atoms with E-state index in [4.69, 9.17) is 9.47 Å². The van der Waals surface area contributed by atoms with Crippen molar-refractivity contribution < 1.29 is 22.7 Å². The first-order valence-corrected chi connectivity index (χ1v) is 11.1. The van der Waals surface area contributed by atoms with E-state index in [1.54, 1.807) is 23.1 Å². The van der Waals surface area contributed by atoms with Gasteiger partial charge in [-0.15, -0.1) is 0 Å². The zero-order chi connectivity index (χ0) is 20.4. The molecule has 7 nitrogen and oxygen atoms in total. The fourth-order valence-corrected chi connectivity index (χ4v) is 5.05. The number of hydrogen-bond donors (Lipinski definition) is 0. The second-order valence-electron chi connectivity index (χ2n) is 7.20. The molecule has 1 fully saturated rings. The molecule has 2 aromatic carbocycles. The maximum absolute atomic E-state index is 12.9. The highest BCUT2D eigenvalue weighted by Crippen LogP contribution is 2.31. The van der Waals surface area contributed by atoms with Crippen molar-refractivity contribution in [1.29, 1.82) is 0 Å². The first kappa shape index (κ1) is 19.9. The Hall–Kier alpha value is -2.42. The Morgan fingerprint density at radius 3 is 2.52 bits per heavy atom. The van der Waals surface area contributed by atoms with Crippen LogP contribution in [0.5, 0.6) is 5.75 Å². The molecule has 0 bridgehead atoms.